The Bertz CT molecular complexity index is 1260. The third-order valence-corrected chi connectivity index (χ3v) is 7.12. The fraction of sp³-hybridized carbons (Fsp3) is 0.448. The van der Waals surface area contributed by atoms with E-state index < -0.39 is 0 Å². The molecule has 3 rings (SSSR count). The zero-order valence-corrected chi connectivity index (χ0v) is 24.0. The number of thiocarbonyl (C=S) groups is 1. The molecule has 2 N–H and O–H groups in total. The lowest BCUT2D eigenvalue weighted by molar-refractivity contribution is 0.279. The first-order valence-corrected chi connectivity index (χ1v) is 13.5. The monoisotopic (exact) mass is 540 g/mol. The van der Waals surface area contributed by atoms with Crippen molar-refractivity contribution in [3.05, 3.63) is 63.9 Å². The summed E-state index contributed by atoms with van der Waals surface area (Å²) in [7, 11) is 4.88. The van der Waals surface area contributed by atoms with Crippen molar-refractivity contribution < 1.29 is 14.2 Å². The van der Waals surface area contributed by atoms with Crippen molar-refractivity contribution in [2.45, 2.75) is 33.2 Å². The van der Waals surface area contributed by atoms with Gasteiger partial charge in [0, 0.05) is 24.7 Å². The van der Waals surface area contributed by atoms with E-state index in [1.165, 1.54) is 0 Å². The molecule has 0 aliphatic heterocycles. The molecule has 9 heteroatoms. The van der Waals surface area contributed by atoms with Gasteiger partial charge in [0.25, 0.3) is 5.56 Å². The average molecular weight is 541 g/mol. The molecule has 206 valence electrons. The summed E-state index contributed by atoms with van der Waals surface area (Å²) in [6, 6.07) is 13.5. The summed E-state index contributed by atoms with van der Waals surface area (Å²) in [5.74, 6) is 2.12. The second-order valence-corrected chi connectivity index (χ2v) is 9.44. The molecule has 0 spiro atoms. The summed E-state index contributed by atoms with van der Waals surface area (Å²) < 4.78 is 16.0. The quantitative estimate of drug-likeness (QED) is 0.295. The van der Waals surface area contributed by atoms with Gasteiger partial charge in [0.15, 0.2) is 16.6 Å². The van der Waals surface area contributed by atoms with Gasteiger partial charge in [-0.15, -0.1) is 0 Å². The van der Waals surface area contributed by atoms with Gasteiger partial charge in [-0.2, -0.15) is 0 Å². The number of ether oxygens (including phenoxy) is 3. The summed E-state index contributed by atoms with van der Waals surface area (Å²) in [5, 5.41) is 4.99. The molecule has 0 saturated carbocycles. The lowest BCUT2D eigenvalue weighted by atomic mass is 10.1. The Morgan fingerprint density at radius 1 is 0.947 bits per heavy atom. The van der Waals surface area contributed by atoms with Crippen LogP contribution in [0, 0.1) is 0 Å². The van der Waals surface area contributed by atoms with E-state index in [9.17, 15) is 4.79 Å². The van der Waals surface area contributed by atoms with Crippen molar-refractivity contribution in [3.8, 4) is 17.2 Å². The van der Waals surface area contributed by atoms with Crippen LogP contribution in [0.2, 0.25) is 0 Å². The Morgan fingerprint density at radius 3 is 2.39 bits per heavy atom. The van der Waals surface area contributed by atoms with Crippen LogP contribution in [-0.2, 0) is 13.0 Å². The molecule has 0 amide bonds. The standard InChI is InChI=1S/C29H40N4O4S/c1-6-32(7-2)15-8-16-33(20-23-18-22-10-11-24(35-3)19-25(22)31-28(23)34)29(38)30-14-13-21-9-12-26(36-4)27(17-21)37-5/h9-12,17-19H,6-8,13-16,20H2,1-5H3,(H,30,38)(H,31,34). The normalized spacial score (nSPS) is 11.0. The topological polar surface area (TPSA) is 79.1 Å². The highest BCUT2D eigenvalue weighted by molar-refractivity contribution is 7.80. The summed E-state index contributed by atoms with van der Waals surface area (Å²) in [4.78, 5) is 20.4. The maximum Gasteiger partial charge on any atom is 0.253 e. The number of aromatic nitrogens is 1. The molecule has 1 aromatic heterocycles. The van der Waals surface area contributed by atoms with Gasteiger partial charge in [-0.25, -0.2) is 0 Å². The summed E-state index contributed by atoms with van der Waals surface area (Å²) in [5.41, 5.74) is 2.43. The second-order valence-electron chi connectivity index (χ2n) is 9.05. The number of H-pyrrole nitrogens is 1. The molecule has 2 aromatic carbocycles. The lowest BCUT2D eigenvalue weighted by Crippen LogP contribution is -2.42. The highest BCUT2D eigenvalue weighted by atomic mass is 32.1. The van der Waals surface area contributed by atoms with E-state index in [2.05, 4.69) is 33.9 Å². The number of hydrogen-bond donors (Lipinski definition) is 2. The van der Waals surface area contributed by atoms with E-state index in [-0.39, 0.29) is 5.56 Å². The predicted octanol–water partition coefficient (Wildman–Crippen LogP) is 4.21. The van der Waals surface area contributed by atoms with Crippen LogP contribution >= 0.6 is 12.2 Å². The Balaban J connectivity index is 1.72. The zero-order valence-electron chi connectivity index (χ0n) is 23.1. The smallest absolute Gasteiger partial charge is 0.253 e. The number of methoxy groups -OCH3 is 3. The van der Waals surface area contributed by atoms with Crippen LogP contribution < -0.4 is 25.1 Å². The molecule has 0 atom stereocenters. The number of nitrogens with one attached hydrogen (secondary N) is 2. The molecule has 8 nitrogen and oxygen atoms in total. The van der Waals surface area contributed by atoms with E-state index in [1.54, 1.807) is 21.3 Å². The Kier molecular flexibility index (Phi) is 11.2. The minimum absolute atomic E-state index is 0.118. The van der Waals surface area contributed by atoms with Crippen LogP contribution in [-0.4, -0.2) is 73.9 Å². The van der Waals surface area contributed by atoms with Gasteiger partial charge in [0.2, 0.25) is 0 Å². The van der Waals surface area contributed by atoms with E-state index >= 15 is 0 Å². The molecule has 0 aliphatic rings. The summed E-state index contributed by atoms with van der Waals surface area (Å²) in [6.07, 6.45) is 1.72. The van der Waals surface area contributed by atoms with Crippen molar-refractivity contribution in [1.82, 2.24) is 20.1 Å². The number of aromatic amines is 1. The highest BCUT2D eigenvalue weighted by Gasteiger charge is 2.14. The third kappa shape index (κ3) is 7.85. The van der Waals surface area contributed by atoms with Gasteiger partial charge in [-0.05, 0) is 86.0 Å². The number of fused-ring (bicyclic) bond motifs is 1. The van der Waals surface area contributed by atoms with Crippen LogP contribution in [0.5, 0.6) is 17.2 Å². The number of pyridine rings is 1. The average Bonchev–Trinajstić information content (AvgIpc) is 2.94. The van der Waals surface area contributed by atoms with Gasteiger partial charge in [0.05, 0.1) is 33.4 Å². The lowest BCUT2D eigenvalue weighted by Gasteiger charge is -2.27. The second kappa shape index (κ2) is 14.6. The molecule has 0 bridgehead atoms. The number of rotatable bonds is 14. The van der Waals surface area contributed by atoms with E-state index in [1.807, 2.05) is 42.5 Å². The van der Waals surface area contributed by atoms with Gasteiger partial charge in [0.1, 0.15) is 5.75 Å². The van der Waals surface area contributed by atoms with Gasteiger partial charge >= 0.3 is 0 Å². The van der Waals surface area contributed by atoms with E-state index in [4.69, 9.17) is 26.4 Å². The fourth-order valence-electron chi connectivity index (χ4n) is 4.41. The van der Waals surface area contributed by atoms with Crippen LogP contribution in [0.3, 0.4) is 0 Å². The van der Waals surface area contributed by atoms with Gasteiger partial charge in [-0.1, -0.05) is 19.9 Å². The van der Waals surface area contributed by atoms with Crippen molar-refractivity contribution in [1.29, 1.82) is 0 Å². The Hall–Kier alpha value is -3.30. The van der Waals surface area contributed by atoms with Crippen LogP contribution in [0.25, 0.3) is 10.9 Å². The van der Waals surface area contributed by atoms with Crippen molar-refractivity contribution in [2.75, 3.05) is 54.1 Å². The van der Waals surface area contributed by atoms with Gasteiger partial charge < -0.3 is 34.3 Å². The molecule has 0 aliphatic carbocycles. The first-order chi connectivity index (χ1) is 18.4. The van der Waals surface area contributed by atoms with Crippen LogP contribution in [0.1, 0.15) is 31.4 Å². The first-order valence-electron chi connectivity index (χ1n) is 13.1. The fourth-order valence-corrected chi connectivity index (χ4v) is 4.67. The number of benzene rings is 2. The van der Waals surface area contributed by atoms with E-state index in [0.29, 0.717) is 41.0 Å². The minimum atomic E-state index is -0.118. The highest BCUT2D eigenvalue weighted by Crippen LogP contribution is 2.27. The summed E-state index contributed by atoms with van der Waals surface area (Å²) >= 11 is 5.81. The molecule has 1 heterocycles. The molecule has 0 saturated heterocycles. The third-order valence-electron chi connectivity index (χ3n) is 6.71. The summed E-state index contributed by atoms with van der Waals surface area (Å²) in [6.45, 7) is 9.18. The molecular weight excluding hydrogens is 500 g/mol. The van der Waals surface area contributed by atoms with Crippen molar-refractivity contribution in [3.63, 3.8) is 0 Å². The zero-order chi connectivity index (χ0) is 27.5. The minimum Gasteiger partial charge on any atom is -0.497 e. The van der Waals surface area contributed by atoms with Crippen molar-refractivity contribution >= 4 is 28.2 Å². The van der Waals surface area contributed by atoms with Crippen LogP contribution in [0.4, 0.5) is 0 Å². The van der Waals surface area contributed by atoms with Gasteiger partial charge in [-0.3, -0.25) is 4.79 Å². The largest absolute Gasteiger partial charge is 0.497 e. The Labute approximate surface area is 230 Å². The van der Waals surface area contributed by atoms with Crippen LogP contribution in [0.15, 0.2) is 47.3 Å². The maximum atomic E-state index is 13.0. The Morgan fingerprint density at radius 2 is 1.71 bits per heavy atom. The molecule has 38 heavy (non-hydrogen) atoms. The molecule has 0 unspecified atom stereocenters. The SMILES string of the molecule is CCN(CC)CCCN(Cc1cc2ccc(OC)cc2[nH]c1=O)C(=S)NCCc1ccc(OC)c(OC)c1. The number of nitrogens with zero attached hydrogens (tertiary/aromatic N) is 2. The molecule has 3 aromatic rings. The molecular formula is C29H40N4O4S. The van der Waals surface area contributed by atoms with Crippen molar-refractivity contribution in [2.24, 2.45) is 0 Å². The predicted molar refractivity (Wildman–Crippen MR) is 158 cm³/mol. The van der Waals surface area contributed by atoms with E-state index in [0.717, 1.165) is 55.5 Å². The molecule has 0 fully saturated rings. The molecule has 0 radical (unpaired) electrons. The maximum absolute atomic E-state index is 13.0. The first kappa shape index (κ1) is 29.3. The number of hydrogen-bond acceptors (Lipinski definition) is 6.